The number of rotatable bonds is 7. The van der Waals surface area contributed by atoms with E-state index in [1.54, 1.807) is 0 Å². The van der Waals surface area contributed by atoms with Gasteiger partial charge in [-0.15, -0.1) is 0 Å². The number of thiazole rings is 1. The highest BCUT2D eigenvalue weighted by atomic mass is 32.1. The molecule has 0 spiro atoms. The molecule has 176 valence electrons. The second-order valence-corrected chi connectivity index (χ2v) is 8.03. The number of aromatic hydroxyl groups is 1. The van der Waals surface area contributed by atoms with Gasteiger partial charge in [0.25, 0.3) is 0 Å². The lowest BCUT2D eigenvalue weighted by Gasteiger charge is -2.14. The maximum absolute atomic E-state index is 13.0. The number of carbonyl (C=O) groups is 1. The van der Waals surface area contributed by atoms with Gasteiger partial charge < -0.3 is 15.7 Å². The molecule has 0 radical (unpaired) electrons. The van der Waals surface area contributed by atoms with E-state index in [4.69, 9.17) is 0 Å². The lowest BCUT2D eigenvalue weighted by Crippen LogP contribution is -2.26. The van der Waals surface area contributed by atoms with Crippen molar-refractivity contribution < 1.29 is 36.2 Å². The van der Waals surface area contributed by atoms with Crippen molar-refractivity contribution >= 4 is 28.1 Å². The summed E-state index contributed by atoms with van der Waals surface area (Å²) in [6, 6.07) is 10.4. The molecule has 3 aromatic rings. The van der Waals surface area contributed by atoms with Gasteiger partial charge in [0.1, 0.15) is 0 Å². The third-order valence-corrected chi connectivity index (χ3v) is 5.38. The molecule has 0 aliphatic heterocycles. The molecule has 0 bridgehead atoms. The summed E-state index contributed by atoms with van der Waals surface area (Å²) < 4.78 is 78.0. The van der Waals surface area contributed by atoms with Crippen LogP contribution < -0.4 is 10.6 Å². The number of benzene rings is 2. The molecule has 0 aliphatic carbocycles. The molecule has 1 amide bonds. The van der Waals surface area contributed by atoms with Crippen molar-refractivity contribution in [3.05, 3.63) is 70.1 Å². The number of halogens is 6. The largest absolute Gasteiger partial charge is 0.492 e. The Morgan fingerprint density at radius 1 is 0.970 bits per heavy atom. The average Bonchev–Trinajstić information content (AvgIpc) is 3.05. The van der Waals surface area contributed by atoms with E-state index in [1.807, 2.05) is 30.3 Å². The highest BCUT2D eigenvalue weighted by Gasteiger charge is 2.37. The van der Waals surface area contributed by atoms with E-state index in [0.29, 0.717) is 25.1 Å². The van der Waals surface area contributed by atoms with Crippen molar-refractivity contribution in [2.75, 3.05) is 11.9 Å². The van der Waals surface area contributed by atoms with Gasteiger partial charge in [0, 0.05) is 12.2 Å². The van der Waals surface area contributed by atoms with Gasteiger partial charge >= 0.3 is 12.4 Å². The molecule has 12 heteroatoms. The Balaban J connectivity index is 1.68. The first kappa shape index (κ1) is 24.4. The minimum Gasteiger partial charge on any atom is -0.492 e. The van der Waals surface area contributed by atoms with Crippen LogP contribution in [0.4, 0.5) is 37.2 Å². The number of aromatic nitrogens is 1. The van der Waals surface area contributed by atoms with Gasteiger partial charge in [0.2, 0.25) is 11.8 Å². The van der Waals surface area contributed by atoms with Crippen molar-refractivity contribution in [2.45, 2.75) is 25.2 Å². The Kier molecular flexibility index (Phi) is 7.15. The molecule has 0 unspecified atom stereocenters. The van der Waals surface area contributed by atoms with Crippen molar-refractivity contribution in [2.24, 2.45) is 0 Å². The first-order valence-electron chi connectivity index (χ1n) is 9.47. The Labute approximate surface area is 188 Å². The summed E-state index contributed by atoms with van der Waals surface area (Å²) in [7, 11) is 0. The van der Waals surface area contributed by atoms with Crippen molar-refractivity contribution in [1.82, 2.24) is 10.3 Å². The van der Waals surface area contributed by atoms with Crippen LogP contribution in [0.15, 0.2) is 48.5 Å². The van der Waals surface area contributed by atoms with Gasteiger partial charge in [-0.3, -0.25) is 4.79 Å². The van der Waals surface area contributed by atoms with E-state index in [0.717, 1.165) is 16.9 Å². The molecule has 1 heterocycles. The normalized spacial score (nSPS) is 11.9. The fraction of sp³-hybridized carbons (Fsp3) is 0.238. The Morgan fingerprint density at radius 2 is 1.58 bits per heavy atom. The number of nitrogens with zero attached hydrogens (tertiary/aromatic N) is 1. The minimum atomic E-state index is -4.99. The van der Waals surface area contributed by atoms with Crippen LogP contribution in [0, 0.1) is 0 Å². The molecular formula is C21H17F6N3O2S. The molecule has 33 heavy (non-hydrogen) atoms. The van der Waals surface area contributed by atoms with Crippen molar-refractivity contribution in [3.63, 3.8) is 0 Å². The summed E-state index contributed by atoms with van der Waals surface area (Å²) in [4.78, 5) is 15.9. The van der Waals surface area contributed by atoms with Crippen LogP contribution in [-0.2, 0) is 30.0 Å². The van der Waals surface area contributed by atoms with Crippen LogP contribution in [0.2, 0.25) is 0 Å². The van der Waals surface area contributed by atoms with E-state index in [-0.39, 0.29) is 22.5 Å². The Hall–Kier alpha value is -3.28. The van der Waals surface area contributed by atoms with E-state index in [9.17, 15) is 36.2 Å². The molecular weight excluding hydrogens is 472 g/mol. The maximum atomic E-state index is 13.0. The van der Waals surface area contributed by atoms with Gasteiger partial charge in [0.15, 0.2) is 5.13 Å². The smallest absolute Gasteiger partial charge is 0.416 e. The van der Waals surface area contributed by atoms with Crippen LogP contribution >= 0.6 is 11.3 Å². The zero-order valence-electron chi connectivity index (χ0n) is 16.7. The second kappa shape index (κ2) is 9.69. The number of hydrogen-bond acceptors (Lipinski definition) is 5. The predicted molar refractivity (Wildman–Crippen MR) is 110 cm³/mol. The molecule has 0 aliphatic rings. The first-order valence-corrected chi connectivity index (χ1v) is 10.3. The summed E-state index contributed by atoms with van der Waals surface area (Å²) in [5.41, 5.74) is -2.47. The third kappa shape index (κ3) is 6.85. The third-order valence-electron chi connectivity index (χ3n) is 4.42. The Bertz CT molecular complexity index is 1080. The standard InChI is InChI=1S/C21H17F6N3O2S/c22-20(23,24)13-8-14(21(25,26)27)10-15(9-13)29-19-30-18(32)16(33-19)11-17(31)28-7-6-12-4-2-1-3-5-12/h1-5,8-10,32H,6-7,11H2,(H,28,31)(H,29,30). The minimum absolute atomic E-state index is 0.00964. The fourth-order valence-electron chi connectivity index (χ4n) is 2.86. The monoisotopic (exact) mass is 489 g/mol. The first-order chi connectivity index (χ1) is 15.4. The lowest BCUT2D eigenvalue weighted by molar-refractivity contribution is -0.143. The van der Waals surface area contributed by atoms with Crippen LogP contribution in [0.25, 0.3) is 0 Å². The molecule has 3 rings (SSSR count). The van der Waals surface area contributed by atoms with Crippen LogP contribution in [0.5, 0.6) is 5.88 Å². The number of anilines is 2. The van der Waals surface area contributed by atoms with Gasteiger partial charge in [-0.05, 0) is 30.2 Å². The lowest BCUT2D eigenvalue weighted by atomic mass is 10.1. The summed E-state index contributed by atoms with van der Waals surface area (Å²) in [5, 5.41) is 14.8. The van der Waals surface area contributed by atoms with Gasteiger partial charge in [-0.2, -0.15) is 31.3 Å². The van der Waals surface area contributed by atoms with Crippen LogP contribution in [-0.4, -0.2) is 22.5 Å². The van der Waals surface area contributed by atoms with Gasteiger partial charge in [-0.1, -0.05) is 41.7 Å². The van der Waals surface area contributed by atoms with Gasteiger partial charge in [0.05, 0.1) is 22.4 Å². The number of hydrogen-bond donors (Lipinski definition) is 3. The number of amides is 1. The molecule has 5 nitrogen and oxygen atoms in total. The predicted octanol–water partition coefficient (Wildman–Crippen LogP) is 5.53. The SMILES string of the molecule is O=C(Cc1sc(Nc2cc(C(F)(F)F)cc(C(F)(F)F)c2)nc1O)NCCc1ccccc1. The summed E-state index contributed by atoms with van der Waals surface area (Å²) in [6.45, 7) is 0.345. The molecule has 1 aromatic heterocycles. The zero-order chi connectivity index (χ0) is 24.2. The van der Waals surface area contributed by atoms with Crippen molar-refractivity contribution in [3.8, 4) is 5.88 Å². The fourth-order valence-corrected chi connectivity index (χ4v) is 3.74. The van der Waals surface area contributed by atoms with E-state index >= 15 is 0 Å². The summed E-state index contributed by atoms with van der Waals surface area (Å²) in [5.74, 6) is -0.960. The summed E-state index contributed by atoms with van der Waals surface area (Å²) >= 11 is 0.744. The maximum Gasteiger partial charge on any atom is 0.416 e. The van der Waals surface area contributed by atoms with Crippen molar-refractivity contribution in [1.29, 1.82) is 0 Å². The highest BCUT2D eigenvalue weighted by Crippen LogP contribution is 2.39. The quantitative estimate of drug-likeness (QED) is 0.382. The van der Waals surface area contributed by atoms with Crippen LogP contribution in [0.1, 0.15) is 21.6 Å². The highest BCUT2D eigenvalue weighted by molar-refractivity contribution is 7.16. The van der Waals surface area contributed by atoms with Gasteiger partial charge in [-0.25, -0.2) is 0 Å². The molecule has 0 fully saturated rings. The Morgan fingerprint density at radius 3 is 2.15 bits per heavy atom. The summed E-state index contributed by atoms with van der Waals surface area (Å²) in [6.07, 6.45) is -9.65. The average molecular weight is 489 g/mol. The molecule has 0 saturated carbocycles. The number of alkyl halides is 6. The molecule has 2 aromatic carbocycles. The number of carbonyl (C=O) groups excluding carboxylic acids is 1. The van der Waals surface area contributed by atoms with Crippen LogP contribution in [0.3, 0.4) is 0 Å². The molecule has 0 saturated heterocycles. The van der Waals surface area contributed by atoms with E-state index in [1.165, 1.54) is 0 Å². The molecule has 0 atom stereocenters. The van der Waals surface area contributed by atoms with E-state index in [2.05, 4.69) is 15.6 Å². The zero-order valence-corrected chi connectivity index (χ0v) is 17.5. The molecule has 3 N–H and O–H groups in total. The topological polar surface area (TPSA) is 74.2 Å². The number of nitrogens with one attached hydrogen (secondary N) is 2. The van der Waals surface area contributed by atoms with E-state index < -0.39 is 41.0 Å². The second-order valence-electron chi connectivity index (χ2n) is 6.95.